The quantitative estimate of drug-likeness (QED) is 0.112. The second-order valence-corrected chi connectivity index (χ2v) is 33.7. The Balaban J connectivity index is 1.30. The van der Waals surface area contributed by atoms with Gasteiger partial charge < -0.3 is 0 Å². The number of nitrogens with zero attached hydrogens (tertiary/aromatic N) is 2. The molecule has 0 amide bonds. The Labute approximate surface area is 437 Å². The van der Waals surface area contributed by atoms with Crippen molar-refractivity contribution >= 4 is 65.1 Å². The molecule has 6 heteroatoms. The zero-order valence-electron chi connectivity index (χ0n) is 42.9. The van der Waals surface area contributed by atoms with Gasteiger partial charge in [-0.25, -0.2) is 0 Å². The van der Waals surface area contributed by atoms with Gasteiger partial charge >= 0.3 is 441 Å². The first-order valence-corrected chi connectivity index (χ1v) is 31.8. The molecule has 8 aromatic rings. The van der Waals surface area contributed by atoms with Crippen molar-refractivity contribution in [2.45, 2.75) is 94.6 Å². The van der Waals surface area contributed by atoms with Gasteiger partial charge in [-0.3, -0.25) is 0 Å². The molecule has 1 saturated heterocycles. The van der Waals surface area contributed by atoms with Gasteiger partial charge in [-0.2, -0.15) is 0 Å². The van der Waals surface area contributed by atoms with Gasteiger partial charge in [0.15, 0.2) is 0 Å². The molecule has 1 fully saturated rings. The zero-order valence-corrected chi connectivity index (χ0v) is 48.3. The molecule has 11 rings (SSSR count). The van der Waals surface area contributed by atoms with Crippen LogP contribution in [0.2, 0.25) is 0 Å². The van der Waals surface area contributed by atoms with Crippen LogP contribution in [0.15, 0.2) is 153 Å². The summed E-state index contributed by atoms with van der Waals surface area (Å²) >= 11 is -0.430. The molecule has 0 aliphatic carbocycles. The number of rotatable bonds is 12. The van der Waals surface area contributed by atoms with Crippen LogP contribution in [0.5, 0.6) is 0 Å². The third-order valence-corrected chi connectivity index (χ3v) is 35.4. The number of hydrogen-bond acceptors (Lipinski definition) is 4. The van der Waals surface area contributed by atoms with E-state index >= 15 is 0 Å². The predicted octanol–water partition coefficient (Wildman–Crippen LogP) is 17.5. The molecule has 3 heterocycles. The molecule has 2 nitrogen and oxygen atoms in total. The van der Waals surface area contributed by atoms with E-state index in [1.54, 1.807) is 7.39 Å². The molecule has 0 unspecified atom stereocenters. The van der Waals surface area contributed by atoms with Crippen molar-refractivity contribution in [2.24, 2.45) is 0 Å². The minimum atomic E-state index is -2.36. The summed E-state index contributed by atoms with van der Waals surface area (Å²) < 4.78 is 9.60. The van der Waals surface area contributed by atoms with Gasteiger partial charge in [-0.15, -0.1) is 0 Å². The molecule has 0 radical (unpaired) electrons. The van der Waals surface area contributed by atoms with Gasteiger partial charge in [-0.1, -0.05) is 0 Å². The summed E-state index contributed by atoms with van der Waals surface area (Å²) in [7, 11) is 0. The molecule has 0 N–H and O–H groups in total. The molecule has 2 bridgehead atoms. The summed E-state index contributed by atoms with van der Waals surface area (Å²) in [4.78, 5) is 0. The molecular formula is C64H64As2N2S2. The van der Waals surface area contributed by atoms with Crippen LogP contribution in [0.4, 0.5) is 11.4 Å². The van der Waals surface area contributed by atoms with Gasteiger partial charge in [0.1, 0.15) is 0 Å². The van der Waals surface area contributed by atoms with E-state index in [9.17, 15) is 0 Å². The molecule has 3 aliphatic rings. The summed E-state index contributed by atoms with van der Waals surface area (Å²) in [5.41, 5.74) is 32.7. The zero-order chi connectivity index (χ0) is 49.1. The molecule has 0 spiro atoms. The minimum absolute atomic E-state index is 0.947. The van der Waals surface area contributed by atoms with E-state index in [1.165, 1.54) is 134 Å². The van der Waals surface area contributed by atoms with E-state index in [2.05, 4.69) is 258 Å². The Kier molecular flexibility index (Phi) is 13.8. The van der Waals surface area contributed by atoms with Crippen molar-refractivity contribution in [1.29, 1.82) is 0 Å². The van der Waals surface area contributed by atoms with Gasteiger partial charge in [0.2, 0.25) is 0 Å². The number of thioether (sulfide) groups is 2. The van der Waals surface area contributed by atoms with Crippen molar-refractivity contribution < 1.29 is 0 Å². The standard InChI is InChI=1S/C64H64As2N2S2/c1-39-29-43(5)57(44(6)30-39)53-25-19-26-54(58-45(7)31-40(2)32-46(58)8)61(53)67-65-63(69-37-51-21-15-13-16-22-51)64(70-38-52-23-17-14-18-24-52)66(67)68(65)62-55(59-47(9)33-41(3)34-48(59)10)27-20-28-56(62)60-49(11)35-42(4)36-50(60)12/h13-36H,37-38H2,1-12H3. The summed E-state index contributed by atoms with van der Waals surface area (Å²) in [6, 6.07) is 56.1. The fourth-order valence-electron chi connectivity index (χ4n) is 11.6. The van der Waals surface area contributed by atoms with E-state index < -0.39 is 30.2 Å². The van der Waals surface area contributed by atoms with E-state index in [0.717, 1.165) is 11.5 Å². The normalized spacial score (nSPS) is 15.3. The summed E-state index contributed by atoms with van der Waals surface area (Å²) in [5.74, 6) is 1.89. The molecule has 70 heavy (non-hydrogen) atoms. The second-order valence-electron chi connectivity index (χ2n) is 19.8. The maximum absolute atomic E-state index is 3.15. The van der Waals surface area contributed by atoms with Crippen LogP contribution in [-0.4, -0.2) is 30.2 Å². The number of anilines is 2. The second kappa shape index (κ2) is 19.8. The molecule has 0 aromatic heterocycles. The van der Waals surface area contributed by atoms with Crippen molar-refractivity contribution in [2.75, 3.05) is 5.47 Å². The number of hydrogen-bond donors (Lipinski definition) is 0. The SMILES string of the molecule is Cc1cc(C)c(-c2cccc(-c3c(C)cc(C)cc3C)c2N2[As]3C(SCc4ccccc4)=C(SCc4ccccc4)[As]2N3c2c(-c3c(C)cc(C)cc3C)cccc2-c2c(C)cc(C)cc2C)c(C)c1. The first-order chi connectivity index (χ1) is 33.7. The fraction of sp³-hybridized carbons (Fsp3) is 0.219. The van der Waals surface area contributed by atoms with Gasteiger partial charge in [0, 0.05) is 0 Å². The molecular weight excluding hydrogens is 1010 g/mol. The Morgan fingerprint density at radius 3 is 0.800 bits per heavy atom. The van der Waals surface area contributed by atoms with Crippen molar-refractivity contribution in [3.63, 3.8) is 0 Å². The average Bonchev–Trinajstić information content (AvgIpc) is 3.79. The van der Waals surface area contributed by atoms with Gasteiger partial charge in [0.25, 0.3) is 0 Å². The predicted molar refractivity (Wildman–Crippen MR) is 310 cm³/mol. The Morgan fingerprint density at radius 2 is 0.557 bits per heavy atom. The van der Waals surface area contributed by atoms with Crippen molar-refractivity contribution in [1.82, 2.24) is 0 Å². The number of aryl methyl sites for hydroxylation is 12. The van der Waals surface area contributed by atoms with Crippen LogP contribution in [0.25, 0.3) is 44.5 Å². The van der Waals surface area contributed by atoms with Crippen molar-refractivity contribution in [3.05, 3.63) is 231 Å². The summed E-state index contributed by atoms with van der Waals surface area (Å²) in [5, 5.41) is 0. The Morgan fingerprint density at radius 1 is 0.314 bits per heavy atom. The number of para-hydroxylation sites is 2. The average molecular weight is 1080 g/mol. The van der Waals surface area contributed by atoms with E-state index in [-0.39, 0.29) is 0 Å². The van der Waals surface area contributed by atoms with Crippen LogP contribution in [0.3, 0.4) is 0 Å². The van der Waals surface area contributed by atoms with Crippen LogP contribution in [0, 0.1) is 83.1 Å². The fourth-order valence-corrected chi connectivity index (χ4v) is 39.8. The molecule has 0 saturated carbocycles. The van der Waals surface area contributed by atoms with Gasteiger partial charge in [0.05, 0.1) is 0 Å². The monoisotopic (exact) mass is 1070 g/mol. The molecule has 352 valence electrons. The van der Waals surface area contributed by atoms with Crippen LogP contribution >= 0.6 is 23.5 Å². The van der Waals surface area contributed by atoms with Crippen LogP contribution in [-0.2, 0) is 11.5 Å². The molecule has 0 atom stereocenters. The van der Waals surface area contributed by atoms with E-state index in [1.807, 2.05) is 0 Å². The molecule has 3 aliphatic heterocycles. The Hall–Kier alpha value is -5.08. The summed E-state index contributed by atoms with van der Waals surface area (Å²) in [6.07, 6.45) is 0. The van der Waals surface area contributed by atoms with Gasteiger partial charge in [-0.05, 0) is 0 Å². The number of benzene rings is 8. The van der Waals surface area contributed by atoms with Crippen LogP contribution < -0.4 is 5.47 Å². The van der Waals surface area contributed by atoms with E-state index in [4.69, 9.17) is 0 Å². The first kappa shape index (κ1) is 48.5. The molecule has 8 aromatic carbocycles. The van der Waals surface area contributed by atoms with Crippen LogP contribution in [0.1, 0.15) is 77.9 Å². The summed E-state index contributed by atoms with van der Waals surface area (Å²) in [6.45, 7) is 27.7. The van der Waals surface area contributed by atoms with Crippen molar-refractivity contribution in [3.8, 4) is 44.5 Å². The maximum atomic E-state index is 3.15. The van der Waals surface area contributed by atoms with E-state index in [0.29, 0.717) is 0 Å². The first-order valence-electron chi connectivity index (χ1n) is 24.6. The third kappa shape index (κ3) is 8.87. The third-order valence-electron chi connectivity index (χ3n) is 14.0. The Bertz CT molecular complexity index is 2900. The topological polar surface area (TPSA) is 6.48 Å².